The summed E-state index contributed by atoms with van der Waals surface area (Å²) >= 11 is 0. The number of aliphatic imine (C=N–C) groups is 1. The lowest BCUT2D eigenvalue weighted by molar-refractivity contribution is -0.311. The van der Waals surface area contributed by atoms with E-state index < -0.39 is 23.4 Å². The van der Waals surface area contributed by atoms with Crippen LogP contribution in [0.4, 0.5) is 0 Å². The SMILES string of the molecule is CCC1=C(C(=O)[O-])C(C(=O)[O-])N=CC1(C)CC. The van der Waals surface area contributed by atoms with Gasteiger partial charge in [-0.2, -0.15) is 0 Å². The number of carboxylic acids is 2. The smallest absolute Gasteiger partial charge is 0.116 e. The second kappa shape index (κ2) is 4.69. The van der Waals surface area contributed by atoms with Crippen LogP contribution in [0.15, 0.2) is 16.1 Å². The van der Waals surface area contributed by atoms with E-state index in [0.717, 1.165) is 0 Å². The summed E-state index contributed by atoms with van der Waals surface area (Å²) in [5.41, 5.74) is -0.209. The van der Waals surface area contributed by atoms with E-state index in [1.165, 1.54) is 6.21 Å². The van der Waals surface area contributed by atoms with Crippen molar-refractivity contribution in [2.75, 3.05) is 0 Å². The summed E-state index contributed by atoms with van der Waals surface area (Å²) in [5.74, 6) is -2.99. The highest BCUT2D eigenvalue weighted by Crippen LogP contribution is 2.37. The summed E-state index contributed by atoms with van der Waals surface area (Å²) in [6.45, 7) is 5.52. The fourth-order valence-corrected chi connectivity index (χ4v) is 2.18. The van der Waals surface area contributed by atoms with E-state index in [0.29, 0.717) is 18.4 Å². The molecule has 0 N–H and O–H groups in total. The van der Waals surface area contributed by atoms with Crippen molar-refractivity contribution in [2.45, 2.75) is 39.7 Å². The van der Waals surface area contributed by atoms with E-state index in [-0.39, 0.29) is 5.57 Å². The number of carbonyl (C=O) groups excluding carboxylic acids is 2. The quantitative estimate of drug-likeness (QED) is 0.631. The van der Waals surface area contributed by atoms with Gasteiger partial charge in [0.25, 0.3) is 0 Å². The molecular formula is C12H15NO4-2. The van der Waals surface area contributed by atoms with E-state index >= 15 is 0 Å². The molecule has 5 heteroatoms. The van der Waals surface area contributed by atoms with E-state index in [9.17, 15) is 19.8 Å². The number of dihydropyridines is 1. The molecule has 1 heterocycles. The number of nitrogens with zero attached hydrogens (tertiary/aromatic N) is 1. The number of hydrogen-bond acceptors (Lipinski definition) is 5. The van der Waals surface area contributed by atoms with Gasteiger partial charge in [-0.15, -0.1) is 0 Å². The Morgan fingerprint density at radius 3 is 2.35 bits per heavy atom. The number of allylic oxidation sites excluding steroid dienone is 1. The Morgan fingerprint density at radius 1 is 1.41 bits per heavy atom. The number of hydrogen-bond donors (Lipinski definition) is 0. The molecule has 0 aromatic rings. The van der Waals surface area contributed by atoms with Crippen molar-refractivity contribution in [3.05, 3.63) is 11.1 Å². The topological polar surface area (TPSA) is 92.6 Å². The van der Waals surface area contributed by atoms with Crippen LogP contribution in [-0.4, -0.2) is 24.2 Å². The normalized spacial score (nSPS) is 28.3. The number of carboxylic acid groups (broad SMARTS) is 2. The zero-order chi connectivity index (χ0) is 13.2. The highest BCUT2D eigenvalue weighted by molar-refractivity contribution is 5.98. The van der Waals surface area contributed by atoms with Gasteiger partial charge in [-0.25, -0.2) is 0 Å². The summed E-state index contributed by atoms with van der Waals surface area (Å²) in [7, 11) is 0. The Labute approximate surface area is 99.9 Å². The predicted molar refractivity (Wildman–Crippen MR) is 58.0 cm³/mol. The maximum Gasteiger partial charge on any atom is 0.116 e. The lowest BCUT2D eigenvalue weighted by atomic mass is 9.74. The van der Waals surface area contributed by atoms with Gasteiger partial charge in [-0.05, 0) is 12.8 Å². The van der Waals surface area contributed by atoms with Crippen molar-refractivity contribution >= 4 is 18.2 Å². The molecule has 1 aliphatic heterocycles. The molecule has 0 bridgehead atoms. The minimum absolute atomic E-state index is 0.251. The monoisotopic (exact) mass is 237 g/mol. The van der Waals surface area contributed by atoms with Crippen LogP contribution in [0, 0.1) is 5.41 Å². The number of aliphatic carboxylic acids is 2. The Morgan fingerprint density at radius 2 is 2.00 bits per heavy atom. The molecule has 17 heavy (non-hydrogen) atoms. The first kappa shape index (κ1) is 13.4. The maximum atomic E-state index is 11.1. The first-order valence-electron chi connectivity index (χ1n) is 5.57. The fraction of sp³-hybridized carbons (Fsp3) is 0.583. The molecule has 1 aliphatic rings. The average Bonchev–Trinajstić information content (AvgIpc) is 2.27. The highest BCUT2D eigenvalue weighted by atomic mass is 16.4. The second-order valence-electron chi connectivity index (χ2n) is 4.30. The van der Waals surface area contributed by atoms with Crippen molar-refractivity contribution in [3.63, 3.8) is 0 Å². The Kier molecular flexibility index (Phi) is 3.70. The van der Waals surface area contributed by atoms with Crippen molar-refractivity contribution in [1.29, 1.82) is 0 Å². The summed E-state index contributed by atoms with van der Waals surface area (Å²) in [6, 6.07) is -1.45. The predicted octanol–water partition coefficient (Wildman–Crippen LogP) is -0.938. The molecular weight excluding hydrogens is 222 g/mol. The Balaban J connectivity index is 3.40. The van der Waals surface area contributed by atoms with E-state index in [1.54, 1.807) is 6.92 Å². The van der Waals surface area contributed by atoms with E-state index in [1.807, 2.05) is 13.8 Å². The molecule has 0 fully saturated rings. The van der Waals surface area contributed by atoms with Gasteiger partial charge in [0.1, 0.15) is 6.04 Å². The lowest BCUT2D eigenvalue weighted by Gasteiger charge is -2.36. The van der Waals surface area contributed by atoms with Gasteiger partial charge in [0.15, 0.2) is 0 Å². The van der Waals surface area contributed by atoms with Gasteiger partial charge in [0, 0.05) is 17.2 Å². The molecule has 2 atom stereocenters. The summed E-state index contributed by atoms with van der Waals surface area (Å²) in [5, 5.41) is 22.0. The van der Waals surface area contributed by atoms with Gasteiger partial charge >= 0.3 is 0 Å². The fourth-order valence-electron chi connectivity index (χ4n) is 2.18. The van der Waals surface area contributed by atoms with Crippen LogP contribution < -0.4 is 10.2 Å². The van der Waals surface area contributed by atoms with Gasteiger partial charge in [0.2, 0.25) is 0 Å². The summed E-state index contributed by atoms with van der Waals surface area (Å²) < 4.78 is 0. The molecule has 94 valence electrons. The third kappa shape index (κ3) is 2.23. The number of rotatable bonds is 4. The van der Waals surface area contributed by atoms with Gasteiger partial charge in [-0.3, -0.25) is 4.99 Å². The lowest BCUT2D eigenvalue weighted by Crippen LogP contribution is -2.46. The molecule has 2 unspecified atom stereocenters. The second-order valence-corrected chi connectivity index (χ2v) is 4.30. The van der Waals surface area contributed by atoms with Crippen LogP contribution in [0.2, 0.25) is 0 Å². The van der Waals surface area contributed by atoms with Crippen molar-refractivity contribution < 1.29 is 19.8 Å². The maximum absolute atomic E-state index is 11.1. The molecule has 0 aromatic heterocycles. The molecule has 0 amide bonds. The molecule has 0 spiro atoms. The van der Waals surface area contributed by atoms with Gasteiger partial charge in [0.05, 0.1) is 11.9 Å². The molecule has 1 rings (SSSR count). The minimum Gasteiger partial charge on any atom is -0.547 e. The molecule has 0 aliphatic carbocycles. The first-order valence-corrected chi connectivity index (χ1v) is 5.57. The largest absolute Gasteiger partial charge is 0.547 e. The van der Waals surface area contributed by atoms with Crippen molar-refractivity contribution in [3.8, 4) is 0 Å². The Bertz CT molecular complexity index is 411. The van der Waals surface area contributed by atoms with Crippen molar-refractivity contribution in [2.24, 2.45) is 10.4 Å². The van der Waals surface area contributed by atoms with Crippen LogP contribution >= 0.6 is 0 Å². The third-order valence-electron chi connectivity index (χ3n) is 3.33. The number of carbonyl (C=O) groups is 2. The molecule has 0 aromatic carbocycles. The van der Waals surface area contributed by atoms with Gasteiger partial charge in [-0.1, -0.05) is 26.3 Å². The van der Waals surface area contributed by atoms with E-state index in [4.69, 9.17) is 0 Å². The van der Waals surface area contributed by atoms with Gasteiger partial charge < -0.3 is 19.8 Å². The molecule has 0 saturated carbocycles. The molecule has 5 nitrogen and oxygen atoms in total. The standard InChI is InChI=1S/C12H17NO4/c1-4-7-8(10(14)15)9(11(16)17)13-6-12(7,3)5-2/h6,9H,4-5H2,1-3H3,(H,14,15)(H,16,17)/p-2. The van der Waals surface area contributed by atoms with Crippen LogP contribution in [0.5, 0.6) is 0 Å². The van der Waals surface area contributed by atoms with Crippen LogP contribution in [0.1, 0.15) is 33.6 Å². The zero-order valence-corrected chi connectivity index (χ0v) is 10.1. The molecule has 0 radical (unpaired) electrons. The van der Waals surface area contributed by atoms with Crippen LogP contribution in [-0.2, 0) is 9.59 Å². The summed E-state index contributed by atoms with van der Waals surface area (Å²) in [4.78, 5) is 25.8. The van der Waals surface area contributed by atoms with Crippen molar-refractivity contribution in [1.82, 2.24) is 0 Å². The van der Waals surface area contributed by atoms with E-state index in [2.05, 4.69) is 4.99 Å². The third-order valence-corrected chi connectivity index (χ3v) is 3.33. The summed E-state index contributed by atoms with van der Waals surface area (Å²) in [6.07, 6.45) is 2.61. The van der Waals surface area contributed by atoms with Crippen LogP contribution in [0.3, 0.4) is 0 Å². The minimum atomic E-state index is -1.51. The zero-order valence-electron chi connectivity index (χ0n) is 10.1. The highest BCUT2D eigenvalue weighted by Gasteiger charge is 2.34. The Hall–Kier alpha value is -1.65. The average molecular weight is 237 g/mol. The molecule has 0 saturated heterocycles. The first-order chi connectivity index (χ1) is 7.87. The van der Waals surface area contributed by atoms with Crippen LogP contribution in [0.25, 0.3) is 0 Å².